The van der Waals surface area contributed by atoms with Gasteiger partial charge in [-0.15, -0.1) is 11.3 Å². The summed E-state index contributed by atoms with van der Waals surface area (Å²) < 4.78 is 0. The summed E-state index contributed by atoms with van der Waals surface area (Å²) in [6.07, 6.45) is 1.13. The minimum atomic E-state index is 0.493. The summed E-state index contributed by atoms with van der Waals surface area (Å²) in [5.74, 6) is 0.493. The Morgan fingerprint density at radius 1 is 1.00 bits per heavy atom. The van der Waals surface area contributed by atoms with Gasteiger partial charge in [0, 0.05) is 10.8 Å². The summed E-state index contributed by atoms with van der Waals surface area (Å²) in [5, 5.41) is 8.09. The van der Waals surface area contributed by atoms with E-state index in [-0.39, 0.29) is 0 Å². The maximum absolute atomic E-state index is 3.27. The first-order valence-corrected chi connectivity index (χ1v) is 7.93. The molecule has 3 rings (SSSR count). The molecule has 102 valence electrons. The zero-order valence-corrected chi connectivity index (χ0v) is 12.5. The molecule has 0 aliphatic carbocycles. The minimum absolute atomic E-state index is 0.493. The Balaban J connectivity index is 1.99. The van der Waals surface area contributed by atoms with Gasteiger partial charge in [0.15, 0.2) is 0 Å². The van der Waals surface area contributed by atoms with Gasteiger partial charge in [-0.2, -0.15) is 0 Å². The molecule has 1 nitrogen and oxygen atoms in total. The molecular formula is C18H19NS. The standard InChI is InChI=1S/C18H19NS/c1-19-11-10-17(18-7-4-12-20-18)16-9-8-14-5-2-3-6-15(14)13-16/h2-9,12-13,17,19H,10-11H2,1H3. The summed E-state index contributed by atoms with van der Waals surface area (Å²) in [6.45, 7) is 1.04. The molecule has 20 heavy (non-hydrogen) atoms. The molecule has 0 radical (unpaired) electrons. The predicted molar refractivity (Wildman–Crippen MR) is 88.7 cm³/mol. The lowest BCUT2D eigenvalue weighted by Crippen LogP contribution is -2.12. The van der Waals surface area contributed by atoms with E-state index in [1.165, 1.54) is 21.2 Å². The van der Waals surface area contributed by atoms with Gasteiger partial charge in [-0.05, 0) is 47.8 Å². The molecule has 0 spiro atoms. The van der Waals surface area contributed by atoms with Crippen LogP contribution < -0.4 is 5.32 Å². The minimum Gasteiger partial charge on any atom is -0.320 e. The van der Waals surface area contributed by atoms with Crippen LogP contribution in [-0.4, -0.2) is 13.6 Å². The summed E-state index contributed by atoms with van der Waals surface area (Å²) in [7, 11) is 2.02. The molecule has 1 atom stereocenters. The number of thiophene rings is 1. The van der Waals surface area contributed by atoms with Gasteiger partial charge in [0.1, 0.15) is 0 Å². The van der Waals surface area contributed by atoms with E-state index in [4.69, 9.17) is 0 Å². The zero-order valence-electron chi connectivity index (χ0n) is 11.7. The smallest absolute Gasteiger partial charge is 0.0196 e. The molecule has 0 fully saturated rings. The van der Waals surface area contributed by atoms with E-state index in [0.29, 0.717) is 5.92 Å². The van der Waals surface area contributed by atoms with Crippen molar-refractivity contribution in [2.75, 3.05) is 13.6 Å². The Bertz CT molecular complexity index is 673. The maximum Gasteiger partial charge on any atom is 0.0196 e. The van der Waals surface area contributed by atoms with Crippen molar-refractivity contribution in [1.82, 2.24) is 5.32 Å². The van der Waals surface area contributed by atoms with Crippen LogP contribution in [0.3, 0.4) is 0 Å². The number of benzene rings is 2. The van der Waals surface area contributed by atoms with Crippen LogP contribution in [0, 0.1) is 0 Å². The maximum atomic E-state index is 3.27. The van der Waals surface area contributed by atoms with Gasteiger partial charge in [-0.3, -0.25) is 0 Å². The Hall–Kier alpha value is -1.64. The highest BCUT2D eigenvalue weighted by Crippen LogP contribution is 2.32. The average molecular weight is 281 g/mol. The fourth-order valence-corrected chi connectivity index (χ4v) is 3.57. The quantitative estimate of drug-likeness (QED) is 0.718. The summed E-state index contributed by atoms with van der Waals surface area (Å²) in [6, 6.07) is 19.8. The highest BCUT2D eigenvalue weighted by Gasteiger charge is 2.15. The molecule has 0 aliphatic rings. The van der Waals surface area contributed by atoms with Crippen LogP contribution in [0.1, 0.15) is 22.8 Å². The molecule has 0 bridgehead atoms. The van der Waals surface area contributed by atoms with Crippen LogP contribution in [0.25, 0.3) is 10.8 Å². The van der Waals surface area contributed by atoms with Gasteiger partial charge in [0.05, 0.1) is 0 Å². The van der Waals surface area contributed by atoms with Gasteiger partial charge >= 0.3 is 0 Å². The molecule has 1 aromatic heterocycles. The predicted octanol–water partition coefficient (Wildman–Crippen LogP) is 4.64. The molecular weight excluding hydrogens is 262 g/mol. The van der Waals surface area contributed by atoms with E-state index < -0.39 is 0 Å². The topological polar surface area (TPSA) is 12.0 Å². The lowest BCUT2D eigenvalue weighted by molar-refractivity contribution is 0.669. The monoisotopic (exact) mass is 281 g/mol. The van der Waals surface area contributed by atoms with Gasteiger partial charge in [0.2, 0.25) is 0 Å². The first-order chi connectivity index (χ1) is 9.88. The highest BCUT2D eigenvalue weighted by atomic mass is 32.1. The van der Waals surface area contributed by atoms with Crippen LogP contribution in [-0.2, 0) is 0 Å². The third kappa shape index (κ3) is 2.77. The summed E-state index contributed by atoms with van der Waals surface area (Å²) in [4.78, 5) is 1.45. The fourth-order valence-electron chi connectivity index (χ4n) is 2.68. The Kier molecular flexibility index (Phi) is 4.14. The molecule has 3 aromatic rings. The second-order valence-corrected chi connectivity index (χ2v) is 6.05. The van der Waals surface area contributed by atoms with Crippen molar-refractivity contribution in [3.8, 4) is 0 Å². The lowest BCUT2D eigenvalue weighted by Gasteiger charge is -2.16. The number of nitrogens with one attached hydrogen (secondary N) is 1. The van der Waals surface area contributed by atoms with Crippen LogP contribution in [0.5, 0.6) is 0 Å². The fraction of sp³-hybridized carbons (Fsp3) is 0.222. The SMILES string of the molecule is CNCCC(c1ccc2ccccc2c1)c1cccs1. The molecule has 1 N–H and O–H groups in total. The van der Waals surface area contributed by atoms with Crippen molar-refractivity contribution >= 4 is 22.1 Å². The van der Waals surface area contributed by atoms with Crippen LogP contribution >= 0.6 is 11.3 Å². The lowest BCUT2D eigenvalue weighted by atomic mass is 9.92. The van der Waals surface area contributed by atoms with Gasteiger partial charge in [-0.25, -0.2) is 0 Å². The van der Waals surface area contributed by atoms with Crippen molar-refractivity contribution < 1.29 is 0 Å². The molecule has 1 heterocycles. The van der Waals surface area contributed by atoms with Crippen molar-refractivity contribution in [3.05, 3.63) is 70.4 Å². The number of fused-ring (bicyclic) bond motifs is 1. The second-order valence-electron chi connectivity index (χ2n) is 5.07. The van der Waals surface area contributed by atoms with Crippen molar-refractivity contribution in [1.29, 1.82) is 0 Å². The highest BCUT2D eigenvalue weighted by molar-refractivity contribution is 7.10. The van der Waals surface area contributed by atoms with Crippen molar-refractivity contribution in [2.45, 2.75) is 12.3 Å². The Morgan fingerprint density at radius 3 is 2.60 bits per heavy atom. The Morgan fingerprint density at radius 2 is 1.85 bits per heavy atom. The second kappa shape index (κ2) is 6.21. The molecule has 0 saturated heterocycles. The summed E-state index contributed by atoms with van der Waals surface area (Å²) >= 11 is 1.85. The third-order valence-corrected chi connectivity index (χ3v) is 4.73. The summed E-state index contributed by atoms with van der Waals surface area (Å²) in [5.41, 5.74) is 1.42. The number of hydrogen-bond acceptors (Lipinski definition) is 2. The van der Waals surface area contributed by atoms with Crippen molar-refractivity contribution in [2.24, 2.45) is 0 Å². The molecule has 0 saturated carbocycles. The van der Waals surface area contributed by atoms with Gasteiger partial charge < -0.3 is 5.32 Å². The molecule has 2 heteroatoms. The van der Waals surface area contributed by atoms with Gasteiger partial charge in [0.25, 0.3) is 0 Å². The van der Waals surface area contributed by atoms with Crippen LogP contribution in [0.15, 0.2) is 60.0 Å². The molecule has 2 aromatic carbocycles. The molecule has 0 aliphatic heterocycles. The van der Waals surface area contributed by atoms with E-state index in [1.54, 1.807) is 0 Å². The van der Waals surface area contributed by atoms with Crippen LogP contribution in [0.2, 0.25) is 0 Å². The van der Waals surface area contributed by atoms with Crippen molar-refractivity contribution in [3.63, 3.8) is 0 Å². The zero-order chi connectivity index (χ0) is 13.8. The Labute approximate surface area is 124 Å². The van der Waals surface area contributed by atoms with E-state index >= 15 is 0 Å². The average Bonchev–Trinajstić information content (AvgIpc) is 3.02. The number of rotatable bonds is 5. The normalized spacial score (nSPS) is 12.7. The van der Waals surface area contributed by atoms with E-state index in [9.17, 15) is 0 Å². The third-order valence-electron chi connectivity index (χ3n) is 3.75. The number of hydrogen-bond donors (Lipinski definition) is 1. The van der Waals surface area contributed by atoms with Crippen LogP contribution in [0.4, 0.5) is 0 Å². The largest absolute Gasteiger partial charge is 0.320 e. The first kappa shape index (κ1) is 13.3. The van der Waals surface area contributed by atoms with Gasteiger partial charge in [-0.1, -0.05) is 48.5 Å². The van der Waals surface area contributed by atoms with E-state index in [1.807, 2.05) is 18.4 Å². The van der Waals surface area contributed by atoms with E-state index in [0.717, 1.165) is 13.0 Å². The first-order valence-electron chi connectivity index (χ1n) is 7.05. The molecule has 0 amide bonds. The van der Waals surface area contributed by atoms with E-state index in [2.05, 4.69) is 65.3 Å². The molecule has 1 unspecified atom stereocenters.